The Bertz CT molecular complexity index is 651. The molecule has 1 aliphatic heterocycles. The lowest BCUT2D eigenvalue weighted by molar-refractivity contribution is -0.122. The van der Waals surface area contributed by atoms with Crippen LogP contribution in [0.2, 0.25) is 0 Å². The van der Waals surface area contributed by atoms with E-state index in [0.29, 0.717) is 17.8 Å². The largest absolute Gasteiger partial charge is 0.399 e. The number of morpholine rings is 1. The number of nitrogens with one attached hydrogen (secondary N) is 1. The van der Waals surface area contributed by atoms with Crippen molar-refractivity contribution < 1.29 is 9.53 Å². The normalized spacial score (nSPS) is 22.7. The molecule has 1 aromatic rings. The van der Waals surface area contributed by atoms with E-state index >= 15 is 0 Å². The predicted molar refractivity (Wildman–Crippen MR) is 105 cm³/mol. The molecule has 0 radical (unpaired) electrons. The van der Waals surface area contributed by atoms with Crippen LogP contribution in [0.1, 0.15) is 61.9 Å². The molecule has 2 aliphatic rings. The second kappa shape index (κ2) is 7.57. The lowest BCUT2D eigenvalue weighted by Crippen LogP contribution is -2.63. The number of hydrogen-bond donors (Lipinski definition) is 2. The Kier molecular flexibility index (Phi) is 5.58. The molecule has 1 heterocycles. The van der Waals surface area contributed by atoms with Gasteiger partial charge in [0.2, 0.25) is 0 Å². The molecule has 1 saturated heterocycles. The fourth-order valence-electron chi connectivity index (χ4n) is 4.46. The van der Waals surface area contributed by atoms with Crippen molar-refractivity contribution in [1.82, 2.24) is 10.2 Å². The van der Waals surface area contributed by atoms with Crippen LogP contribution in [0.3, 0.4) is 0 Å². The second-order valence-electron chi connectivity index (χ2n) is 8.57. The highest BCUT2D eigenvalue weighted by molar-refractivity contribution is 5.96. The Balaban J connectivity index is 1.74. The molecule has 0 spiro atoms. The number of rotatable bonds is 4. The van der Waals surface area contributed by atoms with Crippen molar-refractivity contribution in [1.29, 1.82) is 0 Å². The van der Waals surface area contributed by atoms with Gasteiger partial charge < -0.3 is 15.8 Å². The number of anilines is 1. The molecule has 3 N–H and O–H groups in total. The van der Waals surface area contributed by atoms with Crippen molar-refractivity contribution in [3.8, 4) is 0 Å². The highest BCUT2D eigenvalue weighted by Gasteiger charge is 2.42. The van der Waals surface area contributed by atoms with E-state index in [1.807, 2.05) is 19.1 Å². The van der Waals surface area contributed by atoms with Gasteiger partial charge in [0.25, 0.3) is 5.91 Å². The van der Waals surface area contributed by atoms with Gasteiger partial charge in [0.1, 0.15) is 0 Å². The van der Waals surface area contributed by atoms with Crippen molar-refractivity contribution in [3.05, 3.63) is 29.3 Å². The molecular formula is C21H33N3O2. The van der Waals surface area contributed by atoms with Gasteiger partial charge in [-0.15, -0.1) is 0 Å². The number of benzene rings is 1. The lowest BCUT2D eigenvalue weighted by Gasteiger charge is -2.51. The fraction of sp³-hybridized carbons (Fsp3) is 0.667. The van der Waals surface area contributed by atoms with E-state index in [9.17, 15) is 4.79 Å². The first-order chi connectivity index (χ1) is 12.3. The molecule has 0 unspecified atom stereocenters. The first kappa shape index (κ1) is 19.2. The fourth-order valence-corrected chi connectivity index (χ4v) is 4.46. The maximum absolute atomic E-state index is 12.8. The zero-order valence-corrected chi connectivity index (χ0v) is 16.4. The maximum atomic E-state index is 12.8. The van der Waals surface area contributed by atoms with E-state index in [1.165, 1.54) is 19.3 Å². The summed E-state index contributed by atoms with van der Waals surface area (Å²) in [5.41, 5.74) is 8.06. The SMILES string of the molecule is Cc1ccc(N)cc1C(=O)NCC1(N2CCOC(C)(C)C2)CCCCC1. The number of carbonyl (C=O) groups is 1. The molecular weight excluding hydrogens is 326 g/mol. The monoisotopic (exact) mass is 359 g/mol. The molecule has 144 valence electrons. The van der Waals surface area contributed by atoms with E-state index in [4.69, 9.17) is 10.5 Å². The molecule has 1 saturated carbocycles. The minimum atomic E-state index is -0.128. The molecule has 1 amide bonds. The van der Waals surface area contributed by atoms with Crippen LogP contribution in [0, 0.1) is 6.92 Å². The first-order valence-electron chi connectivity index (χ1n) is 9.85. The molecule has 1 aromatic carbocycles. The van der Waals surface area contributed by atoms with Crippen LogP contribution in [0.4, 0.5) is 5.69 Å². The molecule has 26 heavy (non-hydrogen) atoms. The summed E-state index contributed by atoms with van der Waals surface area (Å²) < 4.78 is 5.91. The Morgan fingerprint density at radius 3 is 2.69 bits per heavy atom. The van der Waals surface area contributed by atoms with E-state index in [-0.39, 0.29) is 17.0 Å². The van der Waals surface area contributed by atoms with E-state index in [0.717, 1.165) is 38.1 Å². The Labute approximate surface area is 157 Å². The standard InChI is InChI=1S/C21H33N3O2/c1-16-7-8-17(22)13-18(16)19(25)23-14-21(9-5-4-6-10-21)24-11-12-26-20(2,3)15-24/h7-8,13H,4-6,9-12,14-15,22H2,1-3H3,(H,23,25). The number of nitrogen functional groups attached to an aromatic ring is 1. The van der Waals surface area contributed by atoms with Crippen LogP contribution in [-0.4, -0.2) is 48.2 Å². The van der Waals surface area contributed by atoms with Gasteiger partial charge in [-0.2, -0.15) is 0 Å². The first-order valence-corrected chi connectivity index (χ1v) is 9.85. The van der Waals surface area contributed by atoms with Gasteiger partial charge in [-0.05, 0) is 51.3 Å². The van der Waals surface area contributed by atoms with E-state index < -0.39 is 0 Å². The summed E-state index contributed by atoms with van der Waals surface area (Å²) >= 11 is 0. The van der Waals surface area contributed by atoms with Crippen LogP contribution in [0.5, 0.6) is 0 Å². The Morgan fingerprint density at radius 1 is 1.27 bits per heavy atom. The van der Waals surface area contributed by atoms with Crippen LogP contribution >= 0.6 is 0 Å². The van der Waals surface area contributed by atoms with Crippen molar-refractivity contribution in [2.75, 3.05) is 32.0 Å². The lowest BCUT2D eigenvalue weighted by atomic mass is 9.79. The maximum Gasteiger partial charge on any atom is 0.251 e. The molecule has 0 atom stereocenters. The second-order valence-corrected chi connectivity index (χ2v) is 8.57. The number of nitrogens with zero attached hydrogens (tertiary/aromatic N) is 1. The smallest absolute Gasteiger partial charge is 0.251 e. The number of hydrogen-bond acceptors (Lipinski definition) is 4. The molecule has 5 nitrogen and oxygen atoms in total. The van der Waals surface area contributed by atoms with Gasteiger partial charge >= 0.3 is 0 Å². The minimum Gasteiger partial charge on any atom is -0.399 e. The molecule has 5 heteroatoms. The van der Waals surface area contributed by atoms with Crippen LogP contribution < -0.4 is 11.1 Å². The average Bonchev–Trinajstić information content (AvgIpc) is 2.61. The number of aryl methyl sites for hydroxylation is 1. The summed E-state index contributed by atoms with van der Waals surface area (Å²) in [5.74, 6) is -0.0210. The number of amides is 1. The molecule has 0 aromatic heterocycles. The molecule has 0 bridgehead atoms. The minimum absolute atomic E-state index is 0.0210. The summed E-state index contributed by atoms with van der Waals surface area (Å²) in [7, 11) is 0. The third kappa shape index (κ3) is 4.21. The summed E-state index contributed by atoms with van der Waals surface area (Å²) in [4.78, 5) is 15.4. The summed E-state index contributed by atoms with van der Waals surface area (Å²) in [6.45, 7) is 9.58. The van der Waals surface area contributed by atoms with Crippen molar-refractivity contribution in [2.24, 2.45) is 0 Å². The number of ether oxygens (including phenoxy) is 1. The van der Waals surface area contributed by atoms with Gasteiger partial charge in [-0.3, -0.25) is 9.69 Å². The van der Waals surface area contributed by atoms with Crippen LogP contribution in [-0.2, 0) is 4.74 Å². The van der Waals surface area contributed by atoms with Gasteiger partial charge in [0, 0.05) is 36.4 Å². The van der Waals surface area contributed by atoms with E-state index in [1.54, 1.807) is 6.07 Å². The molecule has 1 aliphatic carbocycles. The van der Waals surface area contributed by atoms with Gasteiger partial charge in [0.05, 0.1) is 12.2 Å². The predicted octanol–water partition coefficient (Wildman–Crippen LogP) is 3.12. The third-order valence-corrected chi connectivity index (χ3v) is 5.96. The number of nitrogens with two attached hydrogens (primary N) is 1. The summed E-state index contributed by atoms with van der Waals surface area (Å²) in [5, 5.41) is 3.23. The quantitative estimate of drug-likeness (QED) is 0.811. The average molecular weight is 360 g/mol. The Hall–Kier alpha value is -1.59. The van der Waals surface area contributed by atoms with Crippen molar-refractivity contribution in [3.63, 3.8) is 0 Å². The zero-order chi connectivity index (χ0) is 18.8. The third-order valence-electron chi connectivity index (χ3n) is 5.96. The van der Waals surface area contributed by atoms with Gasteiger partial charge in [-0.25, -0.2) is 0 Å². The summed E-state index contributed by atoms with van der Waals surface area (Å²) in [6.07, 6.45) is 6.02. The molecule has 3 rings (SSSR count). The van der Waals surface area contributed by atoms with Gasteiger partial charge in [-0.1, -0.05) is 25.3 Å². The highest BCUT2D eigenvalue weighted by atomic mass is 16.5. The van der Waals surface area contributed by atoms with Crippen molar-refractivity contribution in [2.45, 2.75) is 64.0 Å². The zero-order valence-electron chi connectivity index (χ0n) is 16.4. The van der Waals surface area contributed by atoms with Crippen molar-refractivity contribution >= 4 is 11.6 Å². The highest BCUT2D eigenvalue weighted by Crippen LogP contribution is 2.36. The van der Waals surface area contributed by atoms with E-state index in [2.05, 4.69) is 24.1 Å². The van der Waals surface area contributed by atoms with Crippen LogP contribution in [0.25, 0.3) is 0 Å². The van der Waals surface area contributed by atoms with Gasteiger partial charge in [0.15, 0.2) is 0 Å². The molecule has 2 fully saturated rings. The Morgan fingerprint density at radius 2 is 2.00 bits per heavy atom. The van der Waals surface area contributed by atoms with Crippen LogP contribution in [0.15, 0.2) is 18.2 Å². The number of carbonyl (C=O) groups excluding carboxylic acids is 1. The summed E-state index contributed by atoms with van der Waals surface area (Å²) in [6, 6.07) is 5.52. The topological polar surface area (TPSA) is 67.6 Å².